The van der Waals surface area contributed by atoms with E-state index in [-0.39, 0.29) is 17.3 Å². The molecule has 2 rings (SSSR count). The van der Waals surface area contributed by atoms with Crippen LogP contribution in [0.15, 0.2) is 54.6 Å². The average Bonchev–Trinajstić information content (AvgIpc) is 2.55. The largest absolute Gasteiger partial charge is 0.388 e. The second-order valence-corrected chi connectivity index (χ2v) is 5.34. The molecule has 120 valence electrons. The van der Waals surface area contributed by atoms with Crippen molar-refractivity contribution in [3.05, 3.63) is 75.8 Å². The number of aliphatic hydroxyl groups is 1. The summed E-state index contributed by atoms with van der Waals surface area (Å²) >= 11 is 0. The predicted molar refractivity (Wildman–Crippen MR) is 86.0 cm³/mol. The molecule has 6 nitrogen and oxygen atoms in total. The summed E-state index contributed by atoms with van der Waals surface area (Å²) in [6, 6.07) is 14.4. The van der Waals surface area contributed by atoms with E-state index in [9.17, 15) is 20.0 Å². The zero-order chi connectivity index (χ0) is 16.8. The third-order valence-electron chi connectivity index (χ3n) is 3.46. The normalized spacial score (nSPS) is 13.1. The SMILES string of the molecule is C[C@@H](C[C@H](O)c1ccccc1)NC(=O)c1cccc([N+](=O)[O-])c1. The molecule has 0 spiro atoms. The summed E-state index contributed by atoms with van der Waals surface area (Å²) in [5.74, 6) is -0.401. The average molecular weight is 314 g/mol. The number of nitrogens with zero attached hydrogens (tertiary/aromatic N) is 1. The summed E-state index contributed by atoms with van der Waals surface area (Å²) in [7, 11) is 0. The first-order valence-corrected chi connectivity index (χ1v) is 7.25. The van der Waals surface area contributed by atoms with Crippen molar-refractivity contribution in [2.45, 2.75) is 25.5 Å². The van der Waals surface area contributed by atoms with Crippen LogP contribution in [-0.2, 0) is 0 Å². The molecule has 0 saturated carbocycles. The van der Waals surface area contributed by atoms with E-state index < -0.39 is 16.9 Å². The first kappa shape index (κ1) is 16.6. The minimum atomic E-state index is -0.684. The molecule has 2 N–H and O–H groups in total. The number of amides is 1. The van der Waals surface area contributed by atoms with Crippen LogP contribution in [0, 0.1) is 10.1 Å². The van der Waals surface area contributed by atoms with Gasteiger partial charge in [0.1, 0.15) is 0 Å². The Balaban J connectivity index is 1.97. The van der Waals surface area contributed by atoms with Gasteiger partial charge in [0.25, 0.3) is 11.6 Å². The van der Waals surface area contributed by atoms with Gasteiger partial charge < -0.3 is 10.4 Å². The van der Waals surface area contributed by atoms with Crippen molar-refractivity contribution in [3.8, 4) is 0 Å². The Morgan fingerprint density at radius 3 is 2.57 bits per heavy atom. The number of hydrogen-bond donors (Lipinski definition) is 2. The number of carbonyl (C=O) groups is 1. The molecular weight excluding hydrogens is 296 g/mol. The van der Waals surface area contributed by atoms with Crippen molar-refractivity contribution < 1.29 is 14.8 Å². The van der Waals surface area contributed by atoms with Gasteiger partial charge >= 0.3 is 0 Å². The molecule has 2 aromatic rings. The van der Waals surface area contributed by atoms with Crippen molar-refractivity contribution in [2.75, 3.05) is 0 Å². The number of aliphatic hydroxyl groups excluding tert-OH is 1. The smallest absolute Gasteiger partial charge is 0.270 e. The van der Waals surface area contributed by atoms with Crippen molar-refractivity contribution >= 4 is 11.6 Å². The van der Waals surface area contributed by atoms with Gasteiger partial charge in [-0.15, -0.1) is 0 Å². The van der Waals surface area contributed by atoms with Crippen LogP contribution in [0.2, 0.25) is 0 Å². The first-order valence-electron chi connectivity index (χ1n) is 7.25. The third-order valence-corrected chi connectivity index (χ3v) is 3.46. The standard InChI is InChI=1S/C17H18N2O4/c1-12(10-16(20)13-6-3-2-4-7-13)18-17(21)14-8-5-9-15(11-14)19(22)23/h2-9,11-12,16,20H,10H2,1H3,(H,18,21)/t12-,16-/m0/s1. The molecule has 0 saturated heterocycles. The van der Waals surface area contributed by atoms with E-state index in [0.717, 1.165) is 5.56 Å². The summed E-state index contributed by atoms with van der Waals surface area (Å²) in [6.45, 7) is 1.78. The molecule has 0 fully saturated rings. The summed E-state index contributed by atoms with van der Waals surface area (Å²) < 4.78 is 0. The quantitative estimate of drug-likeness (QED) is 0.633. The van der Waals surface area contributed by atoms with Gasteiger partial charge in [0.2, 0.25) is 0 Å². The molecule has 6 heteroatoms. The minimum absolute atomic E-state index is 0.130. The van der Waals surface area contributed by atoms with E-state index in [4.69, 9.17) is 0 Å². The number of hydrogen-bond acceptors (Lipinski definition) is 4. The van der Waals surface area contributed by atoms with Crippen LogP contribution in [0.3, 0.4) is 0 Å². The molecule has 0 aliphatic heterocycles. The minimum Gasteiger partial charge on any atom is -0.388 e. The van der Waals surface area contributed by atoms with Gasteiger partial charge in [0.15, 0.2) is 0 Å². The second-order valence-electron chi connectivity index (χ2n) is 5.34. The van der Waals surface area contributed by atoms with Gasteiger partial charge in [-0.05, 0) is 25.0 Å². The Labute approximate surface area is 133 Å². The highest BCUT2D eigenvalue weighted by atomic mass is 16.6. The van der Waals surface area contributed by atoms with Gasteiger partial charge in [-0.25, -0.2) is 0 Å². The van der Waals surface area contributed by atoms with Crippen molar-refractivity contribution in [1.29, 1.82) is 0 Å². The highest BCUT2D eigenvalue weighted by Gasteiger charge is 2.16. The Morgan fingerprint density at radius 1 is 1.22 bits per heavy atom. The zero-order valence-electron chi connectivity index (χ0n) is 12.7. The van der Waals surface area contributed by atoms with Crippen LogP contribution >= 0.6 is 0 Å². The molecule has 0 heterocycles. The first-order chi connectivity index (χ1) is 11.0. The van der Waals surface area contributed by atoms with Crippen LogP contribution in [0.4, 0.5) is 5.69 Å². The Bertz CT molecular complexity index is 688. The lowest BCUT2D eigenvalue weighted by Crippen LogP contribution is -2.33. The summed E-state index contributed by atoms with van der Waals surface area (Å²) in [5, 5.41) is 23.6. The molecule has 0 unspecified atom stereocenters. The highest BCUT2D eigenvalue weighted by molar-refractivity contribution is 5.94. The molecule has 0 aliphatic carbocycles. The molecule has 0 aliphatic rings. The fourth-order valence-electron chi connectivity index (χ4n) is 2.27. The maximum absolute atomic E-state index is 12.1. The van der Waals surface area contributed by atoms with Gasteiger partial charge in [0, 0.05) is 23.7 Å². The Hall–Kier alpha value is -2.73. The van der Waals surface area contributed by atoms with E-state index in [1.807, 2.05) is 30.3 Å². The third kappa shape index (κ3) is 4.62. The fraction of sp³-hybridized carbons (Fsp3) is 0.235. The summed E-state index contributed by atoms with van der Waals surface area (Å²) in [5.41, 5.74) is 0.874. The number of rotatable bonds is 6. The topological polar surface area (TPSA) is 92.5 Å². The van der Waals surface area contributed by atoms with Crippen LogP contribution < -0.4 is 5.32 Å². The molecule has 1 amide bonds. The molecule has 0 bridgehead atoms. The van der Waals surface area contributed by atoms with Crippen LogP contribution in [0.25, 0.3) is 0 Å². The highest BCUT2D eigenvalue weighted by Crippen LogP contribution is 2.18. The maximum Gasteiger partial charge on any atom is 0.270 e. The maximum atomic E-state index is 12.1. The monoisotopic (exact) mass is 314 g/mol. The van der Waals surface area contributed by atoms with E-state index in [0.29, 0.717) is 6.42 Å². The summed E-state index contributed by atoms with van der Waals surface area (Å²) in [6.07, 6.45) is -0.332. The van der Waals surface area contributed by atoms with Gasteiger partial charge in [-0.3, -0.25) is 14.9 Å². The predicted octanol–water partition coefficient (Wildman–Crippen LogP) is 2.84. The van der Waals surface area contributed by atoms with E-state index in [1.54, 1.807) is 6.92 Å². The number of nitrogens with one attached hydrogen (secondary N) is 1. The number of nitro groups is 1. The van der Waals surface area contributed by atoms with Crippen molar-refractivity contribution in [3.63, 3.8) is 0 Å². The number of benzene rings is 2. The Kier molecular flexibility index (Phi) is 5.43. The molecule has 23 heavy (non-hydrogen) atoms. The van der Waals surface area contributed by atoms with Crippen molar-refractivity contribution in [1.82, 2.24) is 5.32 Å². The lowest BCUT2D eigenvalue weighted by molar-refractivity contribution is -0.384. The van der Waals surface area contributed by atoms with Gasteiger partial charge in [0.05, 0.1) is 11.0 Å². The van der Waals surface area contributed by atoms with E-state index >= 15 is 0 Å². The number of non-ortho nitro benzene ring substituents is 1. The number of nitro benzene ring substituents is 1. The van der Waals surface area contributed by atoms with Gasteiger partial charge in [-0.1, -0.05) is 36.4 Å². The van der Waals surface area contributed by atoms with Crippen LogP contribution in [0.1, 0.15) is 35.4 Å². The lowest BCUT2D eigenvalue weighted by Gasteiger charge is -2.18. The van der Waals surface area contributed by atoms with Crippen LogP contribution in [0.5, 0.6) is 0 Å². The zero-order valence-corrected chi connectivity index (χ0v) is 12.7. The van der Waals surface area contributed by atoms with Crippen LogP contribution in [-0.4, -0.2) is 22.0 Å². The number of carbonyl (C=O) groups excluding carboxylic acids is 1. The fourth-order valence-corrected chi connectivity index (χ4v) is 2.27. The van der Waals surface area contributed by atoms with E-state index in [1.165, 1.54) is 24.3 Å². The second kappa shape index (κ2) is 7.51. The molecular formula is C17H18N2O4. The Morgan fingerprint density at radius 2 is 1.91 bits per heavy atom. The molecule has 0 radical (unpaired) electrons. The molecule has 2 aromatic carbocycles. The van der Waals surface area contributed by atoms with E-state index in [2.05, 4.69) is 5.32 Å². The molecule has 2 atom stereocenters. The molecule has 0 aromatic heterocycles. The van der Waals surface area contributed by atoms with Crippen molar-refractivity contribution in [2.24, 2.45) is 0 Å². The summed E-state index contributed by atoms with van der Waals surface area (Å²) in [4.78, 5) is 22.3. The lowest BCUT2D eigenvalue weighted by atomic mass is 10.0. The van der Waals surface area contributed by atoms with Gasteiger partial charge in [-0.2, -0.15) is 0 Å².